The number of methoxy groups -OCH3 is 1. The minimum absolute atomic E-state index is 0.0244. The van der Waals surface area contributed by atoms with Crippen molar-refractivity contribution >= 4 is 5.97 Å². The molecule has 1 heterocycles. The zero-order chi connectivity index (χ0) is 27.9. The second kappa shape index (κ2) is 10.8. The highest BCUT2D eigenvalue weighted by Gasteiger charge is 2.52. The van der Waals surface area contributed by atoms with E-state index in [1.54, 1.807) is 37.4 Å². The zero-order valence-electron chi connectivity index (χ0n) is 23.1. The van der Waals surface area contributed by atoms with Gasteiger partial charge in [-0.3, -0.25) is 0 Å². The predicted octanol–water partition coefficient (Wildman–Crippen LogP) is 5.99. The fourth-order valence-electron chi connectivity index (χ4n) is 7.69. The summed E-state index contributed by atoms with van der Waals surface area (Å²) >= 11 is 0. The first-order valence-corrected chi connectivity index (χ1v) is 14.1. The third-order valence-corrected chi connectivity index (χ3v) is 8.98. The third-order valence-electron chi connectivity index (χ3n) is 8.98. The van der Waals surface area contributed by atoms with Gasteiger partial charge in [0.2, 0.25) is 0 Å². The third kappa shape index (κ3) is 5.18. The van der Waals surface area contributed by atoms with Gasteiger partial charge in [0.05, 0.1) is 30.2 Å². The number of hydrogen-bond acceptors (Lipinski definition) is 7. The molecule has 4 saturated carbocycles. The molecule has 4 fully saturated rings. The largest absolute Gasteiger partial charge is 0.507 e. The summed E-state index contributed by atoms with van der Waals surface area (Å²) in [4.78, 5) is 20.6. The molecule has 1 aromatic heterocycles. The lowest BCUT2D eigenvalue weighted by atomic mass is 9.48. The number of hydrogen-bond donors (Lipinski definition) is 2. The maximum Gasteiger partial charge on any atom is 0.335 e. The summed E-state index contributed by atoms with van der Waals surface area (Å²) < 4.78 is 16.9. The SMILES string of the molecule is COCCOCOc1cc(O)c(-c2cc(-c3ccc(C(=O)O)cc3)nc(C)n2)cc1C12CC3CC(CC(C3)C1)C2. The van der Waals surface area contributed by atoms with Crippen LogP contribution < -0.4 is 4.74 Å². The molecule has 3 aromatic rings. The first kappa shape index (κ1) is 26.7. The van der Waals surface area contributed by atoms with Gasteiger partial charge in [-0.1, -0.05) is 12.1 Å². The number of nitrogens with zero attached hydrogens (tertiary/aromatic N) is 2. The van der Waals surface area contributed by atoms with Gasteiger partial charge in [-0.2, -0.15) is 0 Å². The van der Waals surface area contributed by atoms with E-state index in [2.05, 4.69) is 11.1 Å². The quantitative estimate of drug-likeness (QED) is 0.237. The number of carboxylic acids is 1. The molecule has 7 rings (SSSR count). The minimum atomic E-state index is -0.973. The predicted molar refractivity (Wildman–Crippen MR) is 149 cm³/mol. The van der Waals surface area contributed by atoms with Crippen molar-refractivity contribution in [1.29, 1.82) is 0 Å². The number of phenolic OH excluding ortho intramolecular Hbond substituents is 1. The molecule has 0 spiro atoms. The Hall–Kier alpha value is -3.49. The highest BCUT2D eigenvalue weighted by molar-refractivity contribution is 5.88. The molecule has 0 radical (unpaired) electrons. The Morgan fingerprint density at radius 2 is 1.60 bits per heavy atom. The van der Waals surface area contributed by atoms with Crippen LogP contribution in [0.5, 0.6) is 11.5 Å². The number of aromatic nitrogens is 2. The highest BCUT2D eigenvalue weighted by atomic mass is 16.7. The average molecular weight is 545 g/mol. The molecular weight excluding hydrogens is 508 g/mol. The minimum Gasteiger partial charge on any atom is -0.507 e. The maximum absolute atomic E-state index is 11.3. The standard InChI is InChI=1S/C32H36N2O6/c1-19-33-27(23-3-5-24(6-4-23)31(36)37)13-28(34-19)25-12-26(30(14-29(25)35)40-18-39-8-7-38-2)32-15-20-9-21(16-32)11-22(10-20)17-32/h3-6,12-14,20-22,35H,7-11,15-18H2,1-2H3,(H,36,37). The molecule has 4 aliphatic rings. The molecule has 0 saturated heterocycles. The lowest BCUT2D eigenvalue weighted by Gasteiger charge is -2.57. The van der Waals surface area contributed by atoms with Gasteiger partial charge in [-0.15, -0.1) is 0 Å². The molecular formula is C32H36N2O6. The Balaban J connectivity index is 1.39. The number of ether oxygens (including phenoxy) is 3. The van der Waals surface area contributed by atoms with Crippen LogP contribution in [-0.4, -0.2) is 53.3 Å². The van der Waals surface area contributed by atoms with Gasteiger partial charge in [-0.25, -0.2) is 14.8 Å². The molecule has 0 atom stereocenters. The summed E-state index contributed by atoms with van der Waals surface area (Å²) in [5, 5.41) is 20.5. The van der Waals surface area contributed by atoms with Crippen molar-refractivity contribution in [3.8, 4) is 34.0 Å². The van der Waals surface area contributed by atoms with Crippen molar-refractivity contribution in [3.63, 3.8) is 0 Å². The van der Waals surface area contributed by atoms with E-state index in [4.69, 9.17) is 19.2 Å². The maximum atomic E-state index is 11.3. The van der Waals surface area contributed by atoms with Crippen molar-refractivity contribution in [2.24, 2.45) is 17.8 Å². The van der Waals surface area contributed by atoms with Gasteiger partial charge in [0.25, 0.3) is 0 Å². The van der Waals surface area contributed by atoms with Crippen LogP contribution in [0.15, 0.2) is 42.5 Å². The number of rotatable bonds is 10. The Morgan fingerprint density at radius 1 is 0.950 bits per heavy atom. The summed E-state index contributed by atoms with van der Waals surface area (Å²) in [7, 11) is 1.64. The topological polar surface area (TPSA) is 111 Å². The molecule has 0 unspecified atom stereocenters. The number of carbonyl (C=O) groups is 1. The number of phenols is 1. The average Bonchev–Trinajstić information content (AvgIpc) is 2.92. The van der Waals surface area contributed by atoms with Gasteiger partial charge in [0.15, 0.2) is 6.79 Å². The van der Waals surface area contributed by atoms with E-state index in [-0.39, 0.29) is 23.5 Å². The first-order chi connectivity index (χ1) is 19.3. The second-order valence-electron chi connectivity index (χ2n) is 11.8. The molecule has 0 aliphatic heterocycles. The van der Waals surface area contributed by atoms with Crippen molar-refractivity contribution in [3.05, 3.63) is 59.4 Å². The molecule has 210 valence electrons. The van der Waals surface area contributed by atoms with Crippen molar-refractivity contribution < 1.29 is 29.2 Å². The summed E-state index contributed by atoms with van der Waals surface area (Å²) in [5.41, 5.74) is 4.10. The van der Waals surface area contributed by atoms with Crippen molar-refractivity contribution in [2.45, 2.75) is 50.9 Å². The molecule has 8 nitrogen and oxygen atoms in total. The Morgan fingerprint density at radius 3 is 2.23 bits per heavy atom. The van der Waals surface area contributed by atoms with Gasteiger partial charge in [-0.05, 0) is 92.9 Å². The smallest absolute Gasteiger partial charge is 0.335 e. The lowest BCUT2D eigenvalue weighted by molar-refractivity contribution is -0.0190. The number of carboxylic acid groups (broad SMARTS) is 1. The molecule has 40 heavy (non-hydrogen) atoms. The summed E-state index contributed by atoms with van der Waals surface area (Å²) in [6.07, 6.45) is 7.43. The normalized spacial score (nSPS) is 24.8. The van der Waals surface area contributed by atoms with E-state index in [1.165, 1.54) is 19.3 Å². The highest BCUT2D eigenvalue weighted by Crippen LogP contribution is 2.62. The lowest BCUT2D eigenvalue weighted by Crippen LogP contribution is -2.48. The zero-order valence-corrected chi connectivity index (χ0v) is 23.1. The molecule has 2 N–H and O–H groups in total. The van der Waals surface area contributed by atoms with Gasteiger partial charge >= 0.3 is 5.97 Å². The van der Waals surface area contributed by atoms with E-state index in [9.17, 15) is 15.0 Å². The van der Waals surface area contributed by atoms with Gasteiger partial charge < -0.3 is 24.4 Å². The van der Waals surface area contributed by atoms with Crippen LogP contribution in [0.1, 0.15) is 60.3 Å². The van der Waals surface area contributed by atoms with E-state index in [0.29, 0.717) is 41.7 Å². The van der Waals surface area contributed by atoms with Gasteiger partial charge in [0, 0.05) is 29.9 Å². The van der Waals surface area contributed by atoms with Crippen LogP contribution in [0.3, 0.4) is 0 Å². The monoisotopic (exact) mass is 544 g/mol. The Labute approximate surface area is 234 Å². The van der Waals surface area contributed by atoms with Crippen LogP contribution >= 0.6 is 0 Å². The van der Waals surface area contributed by atoms with Crippen LogP contribution in [0.4, 0.5) is 0 Å². The van der Waals surface area contributed by atoms with Crippen molar-refractivity contribution in [1.82, 2.24) is 9.97 Å². The number of aromatic carboxylic acids is 1. The molecule has 0 amide bonds. The van der Waals surface area contributed by atoms with E-state index in [0.717, 1.165) is 48.1 Å². The van der Waals surface area contributed by atoms with Crippen molar-refractivity contribution in [2.75, 3.05) is 27.1 Å². The van der Waals surface area contributed by atoms with Crippen LogP contribution in [0.25, 0.3) is 22.5 Å². The van der Waals surface area contributed by atoms with E-state index < -0.39 is 5.97 Å². The Kier molecular flexibility index (Phi) is 7.23. The second-order valence-corrected chi connectivity index (χ2v) is 11.8. The first-order valence-electron chi connectivity index (χ1n) is 14.1. The number of aryl methyl sites for hydroxylation is 1. The number of aromatic hydroxyl groups is 1. The molecule has 8 heteroatoms. The fourth-order valence-corrected chi connectivity index (χ4v) is 7.69. The van der Waals surface area contributed by atoms with Crippen LogP contribution in [-0.2, 0) is 14.9 Å². The molecule has 4 bridgehead atoms. The summed E-state index contributed by atoms with van der Waals surface area (Å²) in [5.74, 6) is 2.60. The Bertz CT molecular complexity index is 1370. The van der Waals surface area contributed by atoms with E-state index >= 15 is 0 Å². The fraction of sp³-hybridized carbons (Fsp3) is 0.469. The van der Waals surface area contributed by atoms with Gasteiger partial charge in [0.1, 0.15) is 17.3 Å². The molecule has 4 aliphatic carbocycles. The number of benzene rings is 2. The van der Waals surface area contributed by atoms with Crippen LogP contribution in [0.2, 0.25) is 0 Å². The summed E-state index contributed by atoms with van der Waals surface area (Å²) in [6.45, 7) is 2.84. The van der Waals surface area contributed by atoms with E-state index in [1.807, 2.05) is 13.0 Å². The van der Waals surface area contributed by atoms with Crippen LogP contribution in [0, 0.1) is 24.7 Å². The molecule has 2 aromatic carbocycles. The summed E-state index contributed by atoms with van der Waals surface area (Å²) in [6, 6.07) is 12.3.